The van der Waals surface area contributed by atoms with Crippen molar-refractivity contribution >= 4 is 34.0 Å². The predicted octanol–water partition coefficient (Wildman–Crippen LogP) is 7.40. The Labute approximate surface area is 211 Å². The molecule has 1 heterocycles. The molecule has 0 fully saturated rings. The van der Waals surface area contributed by atoms with Gasteiger partial charge in [-0.05, 0) is 48.2 Å². The summed E-state index contributed by atoms with van der Waals surface area (Å²) in [7, 11) is 0. The first-order valence-corrected chi connectivity index (χ1v) is 12.4. The van der Waals surface area contributed by atoms with E-state index >= 15 is 0 Å². The first kappa shape index (κ1) is 27.4. The lowest BCUT2D eigenvalue weighted by atomic mass is 10.1. The van der Waals surface area contributed by atoms with Gasteiger partial charge in [0.05, 0.1) is 10.8 Å². The van der Waals surface area contributed by atoms with E-state index in [2.05, 4.69) is 0 Å². The summed E-state index contributed by atoms with van der Waals surface area (Å²) in [5, 5.41) is 0.623. The molecule has 3 aromatic carbocycles. The smallest absolute Gasteiger partial charge is 0.267 e. The quantitative estimate of drug-likeness (QED) is 0.275. The molecule has 0 amide bonds. The fourth-order valence-electron chi connectivity index (χ4n) is 3.69. The Morgan fingerprint density at radius 2 is 0.853 bits per heavy atom. The number of alkyl halides is 2. The highest BCUT2D eigenvalue weighted by Gasteiger charge is 2.26. The molecule has 0 radical (unpaired) electrons. The summed E-state index contributed by atoms with van der Waals surface area (Å²) >= 11 is 13.7. The molecule has 1 aromatic heterocycles. The Kier molecular flexibility index (Phi) is 10.2. The van der Waals surface area contributed by atoms with E-state index in [1.165, 1.54) is 9.36 Å². The number of nitrogens with zero attached hydrogens (tertiary/aromatic N) is 2. The number of hydrogen-bond acceptors (Lipinski definition) is 2. The van der Waals surface area contributed by atoms with Crippen molar-refractivity contribution < 1.29 is 0 Å². The maximum absolute atomic E-state index is 13.5. The van der Waals surface area contributed by atoms with Crippen molar-refractivity contribution in [3.63, 3.8) is 0 Å². The van der Waals surface area contributed by atoms with Gasteiger partial charge in [0.1, 0.15) is 0 Å². The van der Waals surface area contributed by atoms with Gasteiger partial charge >= 0.3 is 0 Å². The molecule has 34 heavy (non-hydrogen) atoms. The van der Waals surface area contributed by atoms with Gasteiger partial charge in [-0.1, -0.05) is 112 Å². The number of hydrogen-bond donors (Lipinski definition) is 0. The van der Waals surface area contributed by atoms with E-state index in [4.69, 9.17) is 23.2 Å². The van der Waals surface area contributed by atoms with Crippen molar-refractivity contribution in [2.45, 2.75) is 52.5 Å². The van der Waals surface area contributed by atoms with E-state index in [1.54, 1.807) is 24.3 Å². The van der Waals surface area contributed by atoms with E-state index in [1.807, 2.05) is 90.1 Å². The normalized spacial score (nSPS) is 12.1. The SMILES string of the molecule is CC.CC.Cc1ccccc1[C@H](Cl)n1c(=O)c2ccccc2c(=O)n1[C@@H](Cl)c1ccccc1C. The van der Waals surface area contributed by atoms with E-state index in [0.717, 1.165) is 22.3 Å². The predicted molar refractivity (Wildman–Crippen MR) is 146 cm³/mol. The van der Waals surface area contributed by atoms with Gasteiger partial charge in [0, 0.05) is 0 Å². The molecule has 0 unspecified atom stereocenters. The molecule has 6 heteroatoms. The van der Waals surface area contributed by atoms with Crippen LogP contribution in [0.2, 0.25) is 0 Å². The third kappa shape index (κ3) is 5.29. The molecule has 0 aliphatic carbocycles. The molecule has 0 spiro atoms. The number of aromatic nitrogens is 2. The summed E-state index contributed by atoms with van der Waals surface area (Å²) < 4.78 is 2.55. The molecule has 4 aromatic rings. The molecule has 180 valence electrons. The van der Waals surface area contributed by atoms with Crippen molar-refractivity contribution in [2.24, 2.45) is 0 Å². The van der Waals surface area contributed by atoms with E-state index in [-0.39, 0.29) is 11.1 Å². The van der Waals surface area contributed by atoms with Gasteiger partial charge in [0.15, 0.2) is 11.0 Å². The number of rotatable bonds is 4. The maximum Gasteiger partial charge on any atom is 0.275 e. The average Bonchev–Trinajstić information content (AvgIpc) is 2.88. The Bertz CT molecular complexity index is 1250. The summed E-state index contributed by atoms with van der Waals surface area (Å²) in [6.45, 7) is 11.8. The second-order valence-electron chi connectivity index (χ2n) is 7.23. The minimum atomic E-state index is -0.902. The molecule has 0 N–H and O–H groups in total. The molecule has 2 atom stereocenters. The van der Waals surface area contributed by atoms with E-state index < -0.39 is 11.0 Å². The van der Waals surface area contributed by atoms with Crippen LogP contribution in [0.15, 0.2) is 82.4 Å². The first-order valence-electron chi connectivity index (χ1n) is 11.6. The van der Waals surface area contributed by atoms with Gasteiger partial charge in [0.25, 0.3) is 11.1 Å². The lowest BCUT2D eigenvalue weighted by Crippen LogP contribution is -2.41. The monoisotopic (exact) mass is 498 g/mol. The van der Waals surface area contributed by atoms with Crippen molar-refractivity contribution in [2.75, 3.05) is 0 Å². The van der Waals surface area contributed by atoms with Crippen LogP contribution in [0.1, 0.15) is 61.0 Å². The van der Waals surface area contributed by atoms with Gasteiger partial charge in [-0.15, -0.1) is 0 Å². The minimum absolute atomic E-state index is 0.312. The fourth-order valence-corrected chi connectivity index (χ4v) is 4.55. The largest absolute Gasteiger partial charge is 0.275 e. The van der Waals surface area contributed by atoms with Crippen molar-refractivity contribution in [1.82, 2.24) is 9.36 Å². The van der Waals surface area contributed by atoms with Crippen LogP contribution in [0.25, 0.3) is 10.8 Å². The Hall–Kier alpha value is -2.82. The lowest BCUT2D eigenvalue weighted by Gasteiger charge is -2.25. The summed E-state index contributed by atoms with van der Waals surface area (Å²) in [5.41, 5.74) is 0.761. The molecule has 0 saturated heterocycles. The van der Waals surface area contributed by atoms with Crippen LogP contribution in [-0.4, -0.2) is 9.36 Å². The molecule has 0 aliphatic rings. The van der Waals surface area contributed by atoms with Crippen LogP contribution < -0.4 is 11.1 Å². The molecular weight excluding hydrogens is 467 g/mol. The van der Waals surface area contributed by atoms with Gasteiger partial charge in [-0.2, -0.15) is 0 Å². The molecule has 0 bridgehead atoms. The standard InChI is InChI=1S/C24H20Cl2N2O2.2C2H6/c1-15-9-3-5-11-17(15)21(25)27-23(29)19-13-7-8-14-20(19)24(30)28(27)22(26)18-12-6-4-10-16(18)2;2*1-2/h3-14,21-22H,1-2H3;2*1-2H3/t21-,22-;;/m1../s1. The zero-order chi connectivity index (χ0) is 25.4. The highest BCUT2D eigenvalue weighted by Crippen LogP contribution is 2.29. The molecule has 0 saturated carbocycles. The van der Waals surface area contributed by atoms with Crippen LogP contribution in [0, 0.1) is 13.8 Å². The third-order valence-electron chi connectivity index (χ3n) is 5.36. The number of aryl methyl sites for hydroxylation is 2. The van der Waals surface area contributed by atoms with Crippen LogP contribution in [-0.2, 0) is 0 Å². The van der Waals surface area contributed by atoms with Crippen molar-refractivity contribution in [1.29, 1.82) is 0 Å². The summed E-state index contributed by atoms with van der Waals surface area (Å²) in [6, 6.07) is 21.8. The molecule has 0 aliphatic heterocycles. The van der Waals surface area contributed by atoms with Gasteiger partial charge in [0.2, 0.25) is 0 Å². The van der Waals surface area contributed by atoms with Crippen LogP contribution in [0.3, 0.4) is 0 Å². The second kappa shape index (κ2) is 12.6. The second-order valence-corrected chi connectivity index (χ2v) is 8.06. The zero-order valence-corrected chi connectivity index (χ0v) is 22.1. The minimum Gasteiger partial charge on any atom is -0.267 e. The van der Waals surface area contributed by atoms with Crippen molar-refractivity contribution in [3.05, 3.63) is 116 Å². The summed E-state index contributed by atoms with van der Waals surface area (Å²) in [4.78, 5) is 27.0. The van der Waals surface area contributed by atoms with E-state index in [9.17, 15) is 9.59 Å². The van der Waals surface area contributed by atoms with E-state index in [0.29, 0.717) is 10.8 Å². The number of halogens is 2. The Morgan fingerprint density at radius 1 is 0.559 bits per heavy atom. The van der Waals surface area contributed by atoms with Gasteiger partial charge in [-0.25, -0.2) is 9.36 Å². The van der Waals surface area contributed by atoms with Crippen LogP contribution >= 0.6 is 23.2 Å². The maximum atomic E-state index is 13.5. The summed E-state index contributed by atoms with van der Waals surface area (Å²) in [6.07, 6.45) is 0. The molecular formula is C28H32Cl2N2O2. The lowest BCUT2D eigenvalue weighted by molar-refractivity contribution is 0.448. The fraction of sp³-hybridized carbons (Fsp3) is 0.286. The topological polar surface area (TPSA) is 44.0 Å². The number of benzene rings is 3. The Balaban J connectivity index is 0.000000970. The first-order chi connectivity index (χ1) is 16.4. The average molecular weight is 499 g/mol. The Morgan fingerprint density at radius 3 is 1.18 bits per heavy atom. The summed E-state index contributed by atoms with van der Waals surface area (Å²) in [5.74, 6) is 0. The highest BCUT2D eigenvalue weighted by atomic mass is 35.5. The van der Waals surface area contributed by atoms with Crippen molar-refractivity contribution in [3.8, 4) is 0 Å². The van der Waals surface area contributed by atoms with Crippen LogP contribution in [0.5, 0.6) is 0 Å². The molecule has 4 rings (SSSR count). The zero-order valence-electron chi connectivity index (χ0n) is 20.5. The highest BCUT2D eigenvalue weighted by molar-refractivity contribution is 6.21. The third-order valence-corrected chi connectivity index (χ3v) is 6.20. The molecule has 4 nitrogen and oxygen atoms in total. The van der Waals surface area contributed by atoms with Crippen LogP contribution in [0.4, 0.5) is 0 Å². The number of fused-ring (bicyclic) bond motifs is 1. The van der Waals surface area contributed by atoms with Gasteiger partial charge in [-0.3, -0.25) is 9.59 Å². The van der Waals surface area contributed by atoms with Gasteiger partial charge < -0.3 is 0 Å².